The topological polar surface area (TPSA) is 92.9 Å². The van der Waals surface area contributed by atoms with Crippen LogP contribution in [-0.4, -0.2) is 42.3 Å². The Hall–Kier alpha value is -2.91. The first kappa shape index (κ1) is 23.3. The normalized spacial score (nSPS) is 18.0. The van der Waals surface area contributed by atoms with E-state index in [4.69, 9.17) is 11.6 Å². The summed E-state index contributed by atoms with van der Waals surface area (Å²) in [5, 5.41) is 18.4. The number of hydrogen-bond donors (Lipinski definition) is 2. The number of hydrogen-bond acceptors (Lipinski definition) is 5. The predicted octanol–water partition coefficient (Wildman–Crippen LogP) is 4.42. The number of carbonyl (C=O) groups is 1. The number of benzene rings is 1. The van der Waals surface area contributed by atoms with Gasteiger partial charge >= 0.3 is 0 Å². The Kier molecular flexibility index (Phi) is 6.45. The minimum atomic E-state index is -2.84. The van der Waals surface area contributed by atoms with Gasteiger partial charge in [0.1, 0.15) is 0 Å². The van der Waals surface area contributed by atoms with Crippen LogP contribution in [0.15, 0.2) is 49.1 Å². The van der Waals surface area contributed by atoms with E-state index in [0.29, 0.717) is 12.1 Å². The van der Waals surface area contributed by atoms with Gasteiger partial charge < -0.3 is 10.4 Å². The van der Waals surface area contributed by atoms with Crippen LogP contribution in [0.25, 0.3) is 11.1 Å². The Labute approximate surface area is 194 Å². The van der Waals surface area contributed by atoms with E-state index in [1.165, 1.54) is 12.4 Å². The molecule has 7 nitrogen and oxygen atoms in total. The van der Waals surface area contributed by atoms with E-state index in [2.05, 4.69) is 20.4 Å². The Balaban J connectivity index is 1.70. The summed E-state index contributed by atoms with van der Waals surface area (Å²) in [6.45, 7) is 2.69. The van der Waals surface area contributed by atoms with Crippen molar-refractivity contribution in [2.45, 2.75) is 56.7 Å². The number of halogens is 3. The molecule has 2 N–H and O–H groups in total. The van der Waals surface area contributed by atoms with Crippen molar-refractivity contribution in [2.24, 2.45) is 0 Å². The monoisotopic (exact) mass is 475 g/mol. The number of carbonyl (C=O) groups excluding carboxylic acids is 1. The van der Waals surface area contributed by atoms with Crippen LogP contribution < -0.4 is 5.32 Å². The largest absolute Gasteiger partial charge is 0.387 e. The minimum Gasteiger partial charge on any atom is -0.387 e. The van der Waals surface area contributed by atoms with Gasteiger partial charge in [-0.25, -0.2) is 18.7 Å². The van der Waals surface area contributed by atoms with Crippen molar-refractivity contribution in [1.82, 2.24) is 25.1 Å². The summed E-state index contributed by atoms with van der Waals surface area (Å²) in [6, 6.07) is 6.30. The lowest BCUT2D eigenvalue weighted by Crippen LogP contribution is -2.50. The first-order valence-corrected chi connectivity index (χ1v) is 11.1. The highest BCUT2D eigenvalue weighted by atomic mass is 35.5. The summed E-state index contributed by atoms with van der Waals surface area (Å²) >= 11 is 6.02. The maximum atomic E-state index is 13.9. The molecule has 0 bridgehead atoms. The van der Waals surface area contributed by atoms with Gasteiger partial charge in [0.15, 0.2) is 10.8 Å². The number of alkyl halides is 2. The van der Waals surface area contributed by atoms with Crippen LogP contribution in [0.5, 0.6) is 0 Å². The molecule has 1 aliphatic carbocycles. The molecule has 1 aromatic carbocycles. The lowest BCUT2D eigenvalue weighted by molar-refractivity contribution is -0.116. The molecule has 2 heterocycles. The highest BCUT2D eigenvalue weighted by molar-refractivity contribution is 6.32. The molecule has 3 aromatic rings. The Morgan fingerprint density at radius 1 is 1.21 bits per heavy atom. The number of aryl methyl sites for hydroxylation is 1. The quantitative estimate of drug-likeness (QED) is 0.550. The molecular formula is C23H24ClF2N5O2. The molecule has 33 heavy (non-hydrogen) atoms. The first-order valence-electron chi connectivity index (χ1n) is 10.7. The molecule has 0 aliphatic heterocycles. The zero-order valence-electron chi connectivity index (χ0n) is 18.0. The molecule has 174 valence electrons. The maximum absolute atomic E-state index is 13.9. The Morgan fingerprint density at radius 3 is 2.61 bits per heavy atom. The molecule has 0 saturated heterocycles. The third-order valence-electron chi connectivity index (χ3n) is 6.04. The van der Waals surface area contributed by atoms with E-state index in [1.807, 2.05) is 25.3 Å². The van der Waals surface area contributed by atoms with Gasteiger partial charge in [0.05, 0.1) is 17.8 Å². The molecule has 1 amide bonds. The van der Waals surface area contributed by atoms with Gasteiger partial charge in [-0.05, 0) is 37.0 Å². The van der Waals surface area contributed by atoms with Gasteiger partial charge in [-0.2, -0.15) is 5.10 Å². The molecule has 4 rings (SSSR count). The number of amides is 1. The molecule has 1 saturated carbocycles. The van der Waals surface area contributed by atoms with Crippen molar-refractivity contribution >= 4 is 17.5 Å². The van der Waals surface area contributed by atoms with Crippen LogP contribution in [0.4, 0.5) is 8.78 Å². The molecule has 1 aliphatic rings. The summed E-state index contributed by atoms with van der Waals surface area (Å²) in [7, 11) is 0. The second kappa shape index (κ2) is 9.15. The second-order valence-corrected chi connectivity index (χ2v) is 8.63. The average molecular weight is 476 g/mol. The van der Waals surface area contributed by atoms with Gasteiger partial charge in [-0.15, -0.1) is 0 Å². The molecule has 10 heteroatoms. The maximum Gasteiger partial charge on any atom is 0.273 e. The Bertz CT molecular complexity index is 1140. The van der Waals surface area contributed by atoms with Crippen LogP contribution in [0.1, 0.15) is 54.7 Å². The average Bonchev–Trinajstić information content (AvgIpc) is 3.29. The lowest BCUT2D eigenvalue weighted by atomic mass is 9.75. The summed E-state index contributed by atoms with van der Waals surface area (Å²) < 4.78 is 29.5. The number of aromatic nitrogens is 4. The molecule has 1 unspecified atom stereocenters. The molecule has 1 atom stereocenters. The Morgan fingerprint density at radius 2 is 1.94 bits per heavy atom. The smallest absolute Gasteiger partial charge is 0.273 e. The van der Waals surface area contributed by atoms with Gasteiger partial charge in [-0.3, -0.25) is 9.48 Å². The fourth-order valence-corrected chi connectivity index (χ4v) is 4.31. The predicted molar refractivity (Wildman–Crippen MR) is 119 cm³/mol. The van der Waals surface area contributed by atoms with Crippen molar-refractivity contribution in [3.05, 3.63) is 65.5 Å². The van der Waals surface area contributed by atoms with E-state index in [0.717, 1.165) is 11.1 Å². The van der Waals surface area contributed by atoms with Gasteiger partial charge in [-0.1, -0.05) is 29.8 Å². The van der Waals surface area contributed by atoms with Crippen molar-refractivity contribution in [3.8, 4) is 11.1 Å². The molecule has 0 spiro atoms. The highest BCUT2D eigenvalue weighted by Gasteiger charge is 2.47. The second-order valence-electron chi connectivity index (χ2n) is 8.27. The van der Waals surface area contributed by atoms with Gasteiger partial charge in [0.25, 0.3) is 5.91 Å². The number of nitrogens with zero attached hydrogens (tertiary/aromatic N) is 4. The first-order chi connectivity index (χ1) is 15.7. The van der Waals surface area contributed by atoms with E-state index < -0.39 is 36.3 Å². The lowest BCUT2D eigenvalue weighted by Gasteiger charge is -2.42. The number of nitrogens with one attached hydrogen (secondary N) is 1. The van der Waals surface area contributed by atoms with Crippen molar-refractivity contribution in [1.29, 1.82) is 0 Å². The van der Waals surface area contributed by atoms with E-state index in [1.54, 1.807) is 23.0 Å². The molecule has 0 radical (unpaired) electrons. The van der Waals surface area contributed by atoms with E-state index >= 15 is 0 Å². The highest BCUT2D eigenvalue weighted by Crippen LogP contribution is 2.44. The zero-order valence-corrected chi connectivity index (χ0v) is 18.8. The van der Waals surface area contributed by atoms with Crippen LogP contribution in [0, 0.1) is 0 Å². The van der Waals surface area contributed by atoms with Crippen LogP contribution in [-0.2, 0) is 6.54 Å². The minimum absolute atomic E-state index is 0.0864. The van der Waals surface area contributed by atoms with E-state index in [9.17, 15) is 18.7 Å². The van der Waals surface area contributed by atoms with Gasteiger partial charge in [0, 0.05) is 43.5 Å². The van der Waals surface area contributed by atoms with Gasteiger partial charge in [0.2, 0.25) is 5.92 Å². The van der Waals surface area contributed by atoms with Crippen molar-refractivity contribution in [3.63, 3.8) is 0 Å². The zero-order chi connectivity index (χ0) is 23.6. The van der Waals surface area contributed by atoms with Crippen LogP contribution in [0.2, 0.25) is 5.15 Å². The van der Waals surface area contributed by atoms with E-state index in [-0.39, 0.29) is 23.7 Å². The molecular weight excluding hydrogens is 452 g/mol. The molecule has 1 fully saturated rings. The fraction of sp³-hybridized carbons (Fsp3) is 0.391. The number of aliphatic hydroxyl groups is 1. The SMILES string of the molecule is CCn1cc(-c2cccc(C(NC(=O)c3nccnc3Cl)C3(O)CCC(F)(F)CC3)c2)cn1. The number of rotatable bonds is 6. The third kappa shape index (κ3) is 5.04. The summed E-state index contributed by atoms with van der Waals surface area (Å²) in [5.41, 5.74) is 0.599. The molecule has 2 aromatic heterocycles. The standard InChI is InChI=1S/C23H24ClF2N5O2/c1-2-31-14-17(13-29-31)15-4-3-5-16(12-15)19(22(33)6-8-23(25,26)9-7-22)30-21(32)18-20(24)28-11-10-27-18/h3-5,10-14,19,33H,2,6-9H2,1H3,(H,30,32). The van der Waals surface area contributed by atoms with Crippen LogP contribution >= 0.6 is 11.6 Å². The van der Waals surface area contributed by atoms with Crippen molar-refractivity contribution in [2.75, 3.05) is 0 Å². The van der Waals surface area contributed by atoms with Crippen LogP contribution in [0.3, 0.4) is 0 Å². The summed E-state index contributed by atoms with van der Waals surface area (Å²) in [6.07, 6.45) is 5.03. The third-order valence-corrected chi connectivity index (χ3v) is 6.32. The fourth-order valence-electron chi connectivity index (χ4n) is 4.12. The summed E-state index contributed by atoms with van der Waals surface area (Å²) in [5.74, 6) is -3.49. The van der Waals surface area contributed by atoms with Crippen molar-refractivity contribution < 1.29 is 18.7 Å². The summed E-state index contributed by atoms with van der Waals surface area (Å²) in [4.78, 5) is 20.8.